The van der Waals surface area contributed by atoms with Crippen LogP contribution in [0.4, 0.5) is 4.39 Å². The monoisotopic (exact) mass is 313 g/mol. The van der Waals surface area contributed by atoms with Crippen LogP contribution in [0.15, 0.2) is 29.0 Å². The largest absolute Gasteiger partial charge is 0.350 e. The smallest absolute Gasteiger partial charge is 0.242 e. The summed E-state index contributed by atoms with van der Waals surface area (Å²) < 4.78 is 15.1. The number of benzene rings is 1. The van der Waals surface area contributed by atoms with Crippen molar-refractivity contribution in [2.24, 2.45) is 0 Å². The van der Waals surface area contributed by atoms with E-state index in [-0.39, 0.29) is 24.8 Å². The van der Waals surface area contributed by atoms with E-state index in [9.17, 15) is 9.18 Å². The number of halogens is 2. The fourth-order valence-corrected chi connectivity index (χ4v) is 1.72. The van der Waals surface area contributed by atoms with E-state index in [2.05, 4.69) is 36.8 Å². The number of nitrogens with zero attached hydrogens (tertiary/aromatic N) is 4. The minimum atomic E-state index is -0.345. The Bertz CT molecular complexity index is 545. The lowest BCUT2D eigenvalue weighted by molar-refractivity contribution is -0.122. The lowest BCUT2D eigenvalue weighted by atomic mass is 10.2. The highest BCUT2D eigenvalue weighted by atomic mass is 79.9. The molecule has 6 nitrogen and oxygen atoms in total. The SMILES string of the molecule is O=C(Cn1cnnn1)NCc1cc(F)ccc1Br. The summed E-state index contributed by atoms with van der Waals surface area (Å²) in [5.41, 5.74) is 0.667. The second-order valence-electron chi connectivity index (χ2n) is 3.52. The van der Waals surface area contributed by atoms with Gasteiger partial charge in [0.2, 0.25) is 5.91 Å². The highest BCUT2D eigenvalue weighted by molar-refractivity contribution is 9.10. The molecule has 0 atom stereocenters. The van der Waals surface area contributed by atoms with Gasteiger partial charge in [-0.05, 0) is 34.2 Å². The predicted molar refractivity (Wildman–Crippen MR) is 63.8 cm³/mol. The van der Waals surface area contributed by atoms with Crippen LogP contribution in [0, 0.1) is 5.82 Å². The van der Waals surface area contributed by atoms with E-state index in [1.807, 2.05) is 0 Å². The summed E-state index contributed by atoms with van der Waals surface area (Å²) in [6, 6.07) is 4.30. The van der Waals surface area contributed by atoms with E-state index in [4.69, 9.17) is 0 Å². The topological polar surface area (TPSA) is 72.7 Å². The van der Waals surface area contributed by atoms with E-state index >= 15 is 0 Å². The third-order valence-electron chi connectivity index (χ3n) is 2.18. The van der Waals surface area contributed by atoms with Crippen molar-refractivity contribution in [3.05, 3.63) is 40.4 Å². The van der Waals surface area contributed by atoms with Gasteiger partial charge in [-0.2, -0.15) is 0 Å². The molecule has 18 heavy (non-hydrogen) atoms. The van der Waals surface area contributed by atoms with E-state index in [1.165, 1.54) is 23.1 Å². The quantitative estimate of drug-likeness (QED) is 0.910. The molecule has 2 rings (SSSR count). The van der Waals surface area contributed by atoms with Crippen molar-refractivity contribution in [3.63, 3.8) is 0 Å². The third kappa shape index (κ3) is 3.33. The molecule has 1 amide bonds. The first kappa shape index (κ1) is 12.6. The maximum absolute atomic E-state index is 13.0. The van der Waals surface area contributed by atoms with Crippen molar-refractivity contribution in [1.29, 1.82) is 0 Å². The Morgan fingerprint density at radius 3 is 3.06 bits per heavy atom. The first-order valence-electron chi connectivity index (χ1n) is 5.06. The number of aromatic nitrogens is 4. The Morgan fingerprint density at radius 2 is 2.33 bits per heavy atom. The third-order valence-corrected chi connectivity index (χ3v) is 2.95. The Balaban J connectivity index is 1.91. The highest BCUT2D eigenvalue weighted by Gasteiger charge is 2.06. The van der Waals surface area contributed by atoms with Gasteiger partial charge in [0, 0.05) is 11.0 Å². The molecule has 0 aliphatic heterocycles. The van der Waals surface area contributed by atoms with Gasteiger partial charge in [0.1, 0.15) is 18.7 Å². The molecule has 0 saturated carbocycles. The molecule has 1 heterocycles. The van der Waals surface area contributed by atoms with Gasteiger partial charge < -0.3 is 5.32 Å². The Kier molecular flexibility index (Phi) is 3.98. The zero-order valence-corrected chi connectivity index (χ0v) is 10.8. The number of amides is 1. The van der Waals surface area contributed by atoms with Crippen molar-refractivity contribution in [2.45, 2.75) is 13.1 Å². The normalized spacial score (nSPS) is 10.3. The van der Waals surface area contributed by atoms with Crippen LogP contribution in [0.5, 0.6) is 0 Å². The van der Waals surface area contributed by atoms with E-state index in [0.29, 0.717) is 5.56 Å². The summed E-state index contributed by atoms with van der Waals surface area (Å²) in [7, 11) is 0. The van der Waals surface area contributed by atoms with Crippen molar-refractivity contribution in [1.82, 2.24) is 25.5 Å². The molecule has 0 saturated heterocycles. The van der Waals surface area contributed by atoms with Crippen molar-refractivity contribution >= 4 is 21.8 Å². The van der Waals surface area contributed by atoms with Gasteiger partial charge in [0.15, 0.2) is 0 Å². The highest BCUT2D eigenvalue weighted by Crippen LogP contribution is 2.17. The molecular formula is C10H9BrFN5O. The Morgan fingerprint density at radius 1 is 1.50 bits per heavy atom. The molecule has 2 aromatic rings. The Hall–Kier alpha value is -1.83. The van der Waals surface area contributed by atoms with Gasteiger partial charge >= 0.3 is 0 Å². The maximum atomic E-state index is 13.0. The van der Waals surface area contributed by atoms with Crippen molar-refractivity contribution in [3.8, 4) is 0 Å². The maximum Gasteiger partial charge on any atom is 0.242 e. The van der Waals surface area contributed by atoms with Gasteiger partial charge in [-0.3, -0.25) is 4.79 Å². The molecule has 8 heteroatoms. The zero-order valence-electron chi connectivity index (χ0n) is 9.18. The van der Waals surface area contributed by atoms with Gasteiger partial charge in [-0.1, -0.05) is 15.9 Å². The molecule has 0 fully saturated rings. The average molecular weight is 314 g/mol. The molecule has 0 spiro atoms. The summed E-state index contributed by atoms with van der Waals surface area (Å²) in [4.78, 5) is 11.5. The predicted octanol–water partition coefficient (Wildman–Crippen LogP) is 0.891. The summed E-state index contributed by atoms with van der Waals surface area (Å²) in [6.45, 7) is 0.263. The first-order chi connectivity index (χ1) is 8.65. The van der Waals surface area contributed by atoms with Crippen LogP contribution in [0.2, 0.25) is 0 Å². The summed E-state index contributed by atoms with van der Waals surface area (Å²) in [5.74, 6) is -0.596. The van der Waals surface area contributed by atoms with Crippen LogP contribution >= 0.6 is 15.9 Å². The lowest BCUT2D eigenvalue weighted by Gasteiger charge is -2.07. The molecule has 94 valence electrons. The average Bonchev–Trinajstić information content (AvgIpc) is 2.83. The van der Waals surface area contributed by atoms with Crippen molar-refractivity contribution < 1.29 is 9.18 Å². The molecule has 0 unspecified atom stereocenters. The van der Waals surface area contributed by atoms with E-state index in [0.717, 1.165) is 4.47 Å². The second kappa shape index (κ2) is 5.67. The summed E-state index contributed by atoms with van der Waals surface area (Å²) >= 11 is 3.29. The number of nitrogens with one attached hydrogen (secondary N) is 1. The number of carbonyl (C=O) groups is 1. The molecule has 0 radical (unpaired) electrons. The van der Waals surface area contributed by atoms with Gasteiger partial charge in [0.25, 0.3) is 0 Å². The fourth-order valence-electron chi connectivity index (χ4n) is 1.33. The van der Waals surface area contributed by atoms with Crippen LogP contribution in [0.25, 0.3) is 0 Å². The van der Waals surface area contributed by atoms with Crippen LogP contribution in [-0.2, 0) is 17.9 Å². The molecule has 0 aliphatic carbocycles. The zero-order chi connectivity index (χ0) is 13.0. The molecule has 1 aromatic carbocycles. The summed E-state index contributed by atoms with van der Waals surface area (Å²) in [6.07, 6.45) is 1.34. The minimum absolute atomic E-state index is 0.0277. The second-order valence-corrected chi connectivity index (χ2v) is 4.37. The van der Waals surface area contributed by atoms with Crippen LogP contribution in [-0.4, -0.2) is 26.1 Å². The van der Waals surface area contributed by atoms with E-state index in [1.54, 1.807) is 6.07 Å². The Labute approximate surface area is 110 Å². The summed E-state index contributed by atoms with van der Waals surface area (Å²) in [5, 5.41) is 13.1. The fraction of sp³-hybridized carbons (Fsp3) is 0.200. The minimum Gasteiger partial charge on any atom is -0.350 e. The lowest BCUT2D eigenvalue weighted by Crippen LogP contribution is -2.27. The van der Waals surface area contributed by atoms with E-state index < -0.39 is 0 Å². The molecule has 0 bridgehead atoms. The van der Waals surface area contributed by atoms with Gasteiger partial charge in [-0.25, -0.2) is 9.07 Å². The van der Waals surface area contributed by atoms with Crippen LogP contribution < -0.4 is 5.32 Å². The van der Waals surface area contributed by atoms with Crippen LogP contribution in [0.1, 0.15) is 5.56 Å². The number of hydrogen-bond acceptors (Lipinski definition) is 4. The number of hydrogen-bond donors (Lipinski definition) is 1. The van der Waals surface area contributed by atoms with Gasteiger partial charge in [0.05, 0.1) is 0 Å². The van der Waals surface area contributed by atoms with Crippen LogP contribution in [0.3, 0.4) is 0 Å². The standard InChI is InChI=1S/C10H9BrFN5O/c11-9-2-1-8(12)3-7(9)4-13-10(18)5-17-6-14-15-16-17/h1-3,6H,4-5H2,(H,13,18). The number of rotatable bonds is 4. The first-order valence-corrected chi connectivity index (χ1v) is 5.86. The molecule has 1 aromatic heterocycles. The number of carbonyl (C=O) groups excluding carboxylic acids is 1. The molecule has 0 aliphatic rings. The van der Waals surface area contributed by atoms with Gasteiger partial charge in [-0.15, -0.1) is 5.10 Å². The molecule has 1 N–H and O–H groups in total. The molecular weight excluding hydrogens is 305 g/mol. The number of tetrazole rings is 1. The van der Waals surface area contributed by atoms with Crippen molar-refractivity contribution in [2.75, 3.05) is 0 Å².